The zero-order chi connectivity index (χ0) is 13.0. The molecule has 0 spiro atoms. The Morgan fingerprint density at radius 2 is 2.16 bits per heavy atom. The molecule has 0 saturated carbocycles. The highest BCUT2D eigenvalue weighted by Gasteiger charge is 2.13. The Balaban J connectivity index is 0.00000180. The highest BCUT2D eigenvalue weighted by Crippen LogP contribution is 2.30. The van der Waals surface area contributed by atoms with Crippen molar-refractivity contribution in [3.63, 3.8) is 0 Å². The molecular weight excluding hydrogens is 281 g/mol. The van der Waals surface area contributed by atoms with Gasteiger partial charge in [0.2, 0.25) is 0 Å². The van der Waals surface area contributed by atoms with Gasteiger partial charge in [0.15, 0.2) is 0 Å². The molecule has 2 nitrogen and oxygen atoms in total. The lowest BCUT2D eigenvalue weighted by Gasteiger charge is -2.23. The van der Waals surface area contributed by atoms with Crippen molar-refractivity contribution in [1.82, 2.24) is 5.32 Å². The highest BCUT2D eigenvalue weighted by molar-refractivity contribution is 6.32. The Hall–Kier alpha value is -0.440. The number of ether oxygens (including phenoxy) is 1. The van der Waals surface area contributed by atoms with E-state index in [0.717, 1.165) is 41.8 Å². The van der Waals surface area contributed by atoms with E-state index in [1.807, 2.05) is 6.07 Å². The fraction of sp³-hybridized carbons (Fsp3) is 0.600. The van der Waals surface area contributed by atoms with E-state index >= 15 is 0 Å². The first kappa shape index (κ1) is 16.6. The Morgan fingerprint density at radius 1 is 1.37 bits per heavy atom. The van der Waals surface area contributed by atoms with Gasteiger partial charge in [0, 0.05) is 0 Å². The molecule has 1 saturated heterocycles. The number of hydrogen-bond donors (Lipinski definition) is 1. The maximum atomic E-state index is 6.22. The average Bonchev–Trinajstić information content (AvgIpc) is 2.34. The topological polar surface area (TPSA) is 21.3 Å². The van der Waals surface area contributed by atoms with Gasteiger partial charge in [-0.25, -0.2) is 0 Å². The second-order valence-corrected chi connectivity index (χ2v) is 5.65. The summed E-state index contributed by atoms with van der Waals surface area (Å²) in [5, 5.41) is 4.16. The minimum absolute atomic E-state index is 0. The maximum Gasteiger partial charge on any atom is 0.140 e. The van der Waals surface area contributed by atoms with Crippen molar-refractivity contribution >= 4 is 24.0 Å². The van der Waals surface area contributed by atoms with E-state index in [1.165, 1.54) is 24.9 Å². The first-order valence-electron chi connectivity index (χ1n) is 6.77. The summed E-state index contributed by atoms with van der Waals surface area (Å²) in [4.78, 5) is 0. The largest absolute Gasteiger partial charge is 0.492 e. The molecule has 1 heterocycles. The molecule has 1 atom stereocenters. The van der Waals surface area contributed by atoms with Crippen molar-refractivity contribution in [1.29, 1.82) is 0 Å². The molecular formula is C15H23Cl2NO. The zero-order valence-electron chi connectivity index (χ0n) is 11.7. The molecule has 1 aliphatic heterocycles. The van der Waals surface area contributed by atoms with Gasteiger partial charge >= 0.3 is 0 Å². The van der Waals surface area contributed by atoms with Crippen LogP contribution in [0.1, 0.15) is 30.4 Å². The molecule has 0 amide bonds. The van der Waals surface area contributed by atoms with Gasteiger partial charge in [-0.3, -0.25) is 0 Å². The summed E-state index contributed by atoms with van der Waals surface area (Å²) in [6.45, 7) is 7.16. The predicted molar refractivity (Wildman–Crippen MR) is 83.9 cm³/mol. The summed E-state index contributed by atoms with van der Waals surface area (Å²) in [6, 6.07) is 4.08. The van der Waals surface area contributed by atoms with Crippen LogP contribution >= 0.6 is 24.0 Å². The molecule has 1 aliphatic rings. The third kappa shape index (κ3) is 4.87. The average molecular weight is 304 g/mol. The summed E-state index contributed by atoms with van der Waals surface area (Å²) in [5.41, 5.74) is 2.31. The second-order valence-electron chi connectivity index (χ2n) is 5.24. The molecule has 19 heavy (non-hydrogen) atoms. The molecule has 0 radical (unpaired) electrons. The standard InChI is InChI=1S/C15H22ClNO.ClH/c1-11-8-12(2)15(14(16)9-11)18-7-5-13-4-3-6-17-10-13;/h8-9,13,17H,3-7,10H2,1-2H3;1H. The quantitative estimate of drug-likeness (QED) is 0.902. The lowest BCUT2D eigenvalue weighted by molar-refractivity contribution is 0.253. The normalized spacial score (nSPS) is 18.8. The van der Waals surface area contributed by atoms with Crippen LogP contribution in [-0.4, -0.2) is 19.7 Å². The molecule has 2 rings (SSSR count). The van der Waals surface area contributed by atoms with Crippen molar-refractivity contribution in [2.45, 2.75) is 33.1 Å². The fourth-order valence-corrected chi connectivity index (χ4v) is 2.96. The van der Waals surface area contributed by atoms with Gasteiger partial charge in [-0.2, -0.15) is 0 Å². The van der Waals surface area contributed by atoms with Crippen molar-refractivity contribution < 1.29 is 4.74 Å². The number of nitrogens with one attached hydrogen (secondary N) is 1. The lowest BCUT2D eigenvalue weighted by Crippen LogP contribution is -2.30. The first-order valence-corrected chi connectivity index (χ1v) is 7.15. The van der Waals surface area contributed by atoms with Gasteiger partial charge < -0.3 is 10.1 Å². The maximum absolute atomic E-state index is 6.22. The van der Waals surface area contributed by atoms with Crippen molar-refractivity contribution in [3.8, 4) is 5.75 Å². The molecule has 0 aliphatic carbocycles. The number of piperidine rings is 1. The minimum atomic E-state index is 0. The van der Waals surface area contributed by atoms with Crippen LogP contribution in [0.3, 0.4) is 0 Å². The molecule has 0 aromatic heterocycles. The summed E-state index contributed by atoms with van der Waals surface area (Å²) in [7, 11) is 0. The molecule has 1 aromatic rings. The van der Waals surface area contributed by atoms with Gasteiger partial charge in [-0.1, -0.05) is 17.7 Å². The van der Waals surface area contributed by atoms with Crippen LogP contribution in [0.4, 0.5) is 0 Å². The van der Waals surface area contributed by atoms with Crippen molar-refractivity contribution in [2.75, 3.05) is 19.7 Å². The number of aryl methyl sites for hydroxylation is 2. The van der Waals surface area contributed by atoms with Crippen molar-refractivity contribution in [3.05, 3.63) is 28.3 Å². The van der Waals surface area contributed by atoms with E-state index in [9.17, 15) is 0 Å². The SMILES string of the molecule is Cc1cc(C)c(OCCC2CCCNC2)c(Cl)c1.Cl. The number of benzene rings is 1. The molecule has 1 fully saturated rings. The fourth-order valence-electron chi connectivity index (χ4n) is 2.58. The second kappa shape index (κ2) is 7.98. The van der Waals surface area contributed by atoms with Gasteiger partial charge in [0.25, 0.3) is 0 Å². The van der Waals surface area contributed by atoms with Crippen LogP contribution in [0.15, 0.2) is 12.1 Å². The Bertz CT molecular complexity index is 380. The minimum Gasteiger partial charge on any atom is -0.492 e. The van der Waals surface area contributed by atoms with Crippen LogP contribution in [0.25, 0.3) is 0 Å². The van der Waals surface area contributed by atoms with Crippen LogP contribution in [0.2, 0.25) is 5.02 Å². The zero-order valence-corrected chi connectivity index (χ0v) is 13.2. The van der Waals surface area contributed by atoms with Gasteiger partial charge in [-0.05, 0) is 69.3 Å². The number of rotatable bonds is 4. The Morgan fingerprint density at radius 3 is 2.79 bits per heavy atom. The van der Waals surface area contributed by atoms with E-state index < -0.39 is 0 Å². The monoisotopic (exact) mass is 303 g/mol. The predicted octanol–water partition coefficient (Wildman–Crippen LogP) is 4.15. The molecule has 108 valence electrons. The molecule has 1 aromatic carbocycles. The van der Waals surface area contributed by atoms with E-state index in [0.29, 0.717) is 0 Å². The van der Waals surface area contributed by atoms with Crippen LogP contribution in [0, 0.1) is 19.8 Å². The summed E-state index contributed by atoms with van der Waals surface area (Å²) in [5.74, 6) is 1.61. The highest BCUT2D eigenvalue weighted by atomic mass is 35.5. The Kier molecular flexibility index (Phi) is 6.98. The molecule has 1 N–H and O–H groups in total. The molecule has 0 bridgehead atoms. The molecule has 1 unspecified atom stereocenters. The van der Waals surface area contributed by atoms with E-state index in [4.69, 9.17) is 16.3 Å². The van der Waals surface area contributed by atoms with Crippen LogP contribution in [-0.2, 0) is 0 Å². The van der Waals surface area contributed by atoms with E-state index in [2.05, 4.69) is 25.2 Å². The van der Waals surface area contributed by atoms with Gasteiger partial charge in [0.05, 0.1) is 11.6 Å². The lowest BCUT2D eigenvalue weighted by atomic mass is 9.97. The van der Waals surface area contributed by atoms with Gasteiger partial charge in [0.1, 0.15) is 5.75 Å². The third-order valence-electron chi connectivity index (χ3n) is 3.55. The summed E-state index contributed by atoms with van der Waals surface area (Å²) >= 11 is 6.22. The number of hydrogen-bond acceptors (Lipinski definition) is 2. The van der Waals surface area contributed by atoms with Crippen molar-refractivity contribution in [2.24, 2.45) is 5.92 Å². The summed E-state index contributed by atoms with van der Waals surface area (Å²) in [6.07, 6.45) is 3.71. The molecule has 4 heteroatoms. The first-order chi connectivity index (χ1) is 8.66. The smallest absolute Gasteiger partial charge is 0.140 e. The van der Waals surface area contributed by atoms with E-state index in [1.54, 1.807) is 0 Å². The Labute approximate surface area is 127 Å². The van der Waals surface area contributed by atoms with Crippen LogP contribution in [0.5, 0.6) is 5.75 Å². The van der Waals surface area contributed by atoms with E-state index in [-0.39, 0.29) is 12.4 Å². The summed E-state index contributed by atoms with van der Waals surface area (Å²) < 4.78 is 5.87. The van der Waals surface area contributed by atoms with Gasteiger partial charge in [-0.15, -0.1) is 12.4 Å². The van der Waals surface area contributed by atoms with Crippen LogP contribution < -0.4 is 10.1 Å². The number of halogens is 2. The third-order valence-corrected chi connectivity index (χ3v) is 3.83.